The summed E-state index contributed by atoms with van der Waals surface area (Å²) in [5.74, 6) is -0.256. The number of benzene rings is 1. The summed E-state index contributed by atoms with van der Waals surface area (Å²) < 4.78 is 25.6. The second-order valence-electron chi connectivity index (χ2n) is 4.85. The lowest BCUT2D eigenvalue weighted by molar-refractivity contribution is -0.123. The highest BCUT2D eigenvalue weighted by molar-refractivity contribution is 7.84. The monoisotopic (exact) mass is 300 g/mol. The Morgan fingerprint density at radius 2 is 2.00 bits per heavy atom. The minimum absolute atomic E-state index is 0.0127. The maximum Gasteiger partial charge on any atom is 0.154 e. The molecule has 6 heteroatoms. The zero-order valence-corrected chi connectivity index (χ0v) is 12.8. The topological polar surface area (TPSA) is 58.2 Å². The summed E-state index contributed by atoms with van der Waals surface area (Å²) >= 11 is 0. The molecule has 0 radical (unpaired) electrons. The summed E-state index contributed by atoms with van der Waals surface area (Å²) in [7, 11) is 0.340. The highest BCUT2D eigenvalue weighted by Crippen LogP contribution is 2.10. The summed E-state index contributed by atoms with van der Waals surface area (Å²) in [6.45, 7) is 3.60. The van der Waals surface area contributed by atoms with Gasteiger partial charge in [-0.3, -0.25) is 14.4 Å². The molecule has 1 rings (SSSR count). The normalized spacial score (nSPS) is 14.2. The molecule has 0 aliphatic carbocycles. The molecular weight excluding hydrogens is 279 g/mol. The zero-order valence-electron chi connectivity index (χ0n) is 12.0. The molecule has 2 atom stereocenters. The molecule has 1 aromatic rings. The first kappa shape index (κ1) is 16.9. The molecule has 0 aromatic heterocycles. The lowest BCUT2D eigenvalue weighted by Crippen LogP contribution is -2.48. The van der Waals surface area contributed by atoms with Gasteiger partial charge >= 0.3 is 0 Å². The van der Waals surface area contributed by atoms with E-state index in [1.165, 1.54) is 6.07 Å². The minimum atomic E-state index is -1.31. The number of Topliss-reactive ketones (excluding diaryl/α,β-unsaturated/α-hetero) is 1. The summed E-state index contributed by atoms with van der Waals surface area (Å²) in [5.41, 5.74) is 5.92. The van der Waals surface area contributed by atoms with Crippen molar-refractivity contribution in [3.63, 3.8) is 0 Å². The number of hydrogen-bond donors (Lipinski definition) is 2. The van der Waals surface area contributed by atoms with Crippen LogP contribution < -0.4 is 10.9 Å². The van der Waals surface area contributed by atoms with Crippen LogP contribution in [-0.4, -0.2) is 28.8 Å². The van der Waals surface area contributed by atoms with Gasteiger partial charge in [-0.05, 0) is 13.1 Å². The number of rotatable bonds is 8. The third-order valence-electron chi connectivity index (χ3n) is 2.86. The van der Waals surface area contributed by atoms with Gasteiger partial charge in [-0.15, -0.1) is 0 Å². The highest BCUT2D eigenvalue weighted by atomic mass is 32.2. The van der Waals surface area contributed by atoms with Crippen LogP contribution in [0, 0.1) is 11.7 Å². The van der Waals surface area contributed by atoms with Crippen molar-refractivity contribution in [1.29, 1.82) is 0 Å². The van der Waals surface area contributed by atoms with Gasteiger partial charge in [0.05, 0.1) is 11.8 Å². The Bertz CT molecular complexity index is 480. The molecule has 0 saturated carbocycles. The van der Waals surface area contributed by atoms with Crippen molar-refractivity contribution in [3.8, 4) is 0 Å². The van der Waals surface area contributed by atoms with Crippen molar-refractivity contribution in [3.05, 3.63) is 35.6 Å². The second-order valence-corrected chi connectivity index (χ2v) is 6.35. The molecule has 20 heavy (non-hydrogen) atoms. The van der Waals surface area contributed by atoms with Gasteiger partial charge in [-0.2, -0.15) is 0 Å². The van der Waals surface area contributed by atoms with E-state index in [0.29, 0.717) is 5.56 Å². The van der Waals surface area contributed by atoms with Crippen LogP contribution in [0.5, 0.6) is 0 Å². The van der Waals surface area contributed by atoms with E-state index < -0.39 is 16.8 Å². The Labute approximate surface area is 121 Å². The van der Waals surface area contributed by atoms with Crippen LogP contribution in [0.1, 0.15) is 19.4 Å². The standard InChI is InChI=1S/C14H21FN2O2S/c1-10(2)14(18)13(17-16-3)9-20(19)8-11-6-4-5-7-12(11)15/h4-7,10,13,16-17H,8-9H2,1-3H3. The van der Waals surface area contributed by atoms with Crippen molar-refractivity contribution >= 4 is 16.6 Å². The van der Waals surface area contributed by atoms with Gasteiger partial charge in [0, 0.05) is 28.0 Å². The van der Waals surface area contributed by atoms with E-state index >= 15 is 0 Å². The van der Waals surface area contributed by atoms with E-state index in [0.717, 1.165) is 0 Å². The average molecular weight is 300 g/mol. The van der Waals surface area contributed by atoms with E-state index in [1.54, 1.807) is 39.1 Å². The number of carbonyl (C=O) groups excluding carboxylic acids is 1. The van der Waals surface area contributed by atoms with Crippen molar-refractivity contribution < 1.29 is 13.4 Å². The third-order valence-corrected chi connectivity index (χ3v) is 4.20. The Morgan fingerprint density at radius 1 is 1.35 bits per heavy atom. The Hall–Kier alpha value is -1.11. The quantitative estimate of drug-likeness (QED) is 0.712. The molecule has 0 aliphatic heterocycles. The van der Waals surface area contributed by atoms with Crippen molar-refractivity contribution in [1.82, 2.24) is 10.9 Å². The summed E-state index contributed by atoms with van der Waals surface area (Å²) in [6, 6.07) is 5.72. The molecule has 0 fully saturated rings. The first-order valence-corrected chi connectivity index (χ1v) is 7.99. The fourth-order valence-electron chi connectivity index (χ4n) is 1.81. The predicted molar refractivity (Wildman–Crippen MR) is 78.9 cm³/mol. The Kier molecular flexibility index (Phi) is 6.98. The lowest BCUT2D eigenvalue weighted by atomic mass is 10.0. The first-order valence-electron chi connectivity index (χ1n) is 6.50. The molecule has 112 valence electrons. The van der Waals surface area contributed by atoms with E-state index in [4.69, 9.17) is 0 Å². The molecule has 1 aromatic carbocycles. The molecule has 0 amide bonds. The second kappa shape index (κ2) is 8.24. The number of nitrogens with one attached hydrogen (secondary N) is 2. The molecule has 0 heterocycles. The summed E-state index contributed by atoms with van der Waals surface area (Å²) in [5, 5.41) is 0. The molecule has 0 spiro atoms. The molecular formula is C14H21FN2O2S. The minimum Gasteiger partial charge on any atom is -0.298 e. The number of ketones is 1. The van der Waals surface area contributed by atoms with Crippen LogP contribution in [0.3, 0.4) is 0 Å². The first-order chi connectivity index (χ1) is 9.45. The van der Waals surface area contributed by atoms with Crippen molar-refractivity contribution in [2.75, 3.05) is 12.8 Å². The highest BCUT2D eigenvalue weighted by Gasteiger charge is 2.23. The van der Waals surface area contributed by atoms with Gasteiger partial charge in [-0.1, -0.05) is 32.0 Å². The van der Waals surface area contributed by atoms with Gasteiger partial charge in [0.2, 0.25) is 0 Å². The number of carbonyl (C=O) groups is 1. The summed E-state index contributed by atoms with van der Waals surface area (Å²) in [4.78, 5) is 12.0. The lowest BCUT2D eigenvalue weighted by Gasteiger charge is -2.18. The molecule has 4 nitrogen and oxygen atoms in total. The smallest absolute Gasteiger partial charge is 0.154 e. The van der Waals surface area contributed by atoms with Crippen LogP contribution in [-0.2, 0) is 21.3 Å². The molecule has 0 aliphatic rings. The summed E-state index contributed by atoms with van der Waals surface area (Å²) in [6.07, 6.45) is 0. The maximum atomic E-state index is 13.5. The Morgan fingerprint density at radius 3 is 2.55 bits per heavy atom. The fraction of sp³-hybridized carbons (Fsp3) is 0.500. The van der Waals surface area contributed by atoms with E-state index in [1.807, 2.05) is 0 Å². The van der Waals surface area contributed by atoms with Crippen LogP contribution in [0.2, 0.25) is 0 Å². The van der Waals surface area contributed by atoms with E-state index in [2.05, 4.69) is 10.9 Å². The predicted octanol–water partition coefficient (Wildman–Crippen LogP) is 1.39. The van der Waals surface area contributed by atoms with Crippen LogP contribution in [0.4, 0.5) is 4.39 Å². The largest absolute Gasteiger partial charge is 0.298 e. The molecule has 0 saturated heterocycles. The fourth-order valence-corrected chi connectivity index (χ4v) is 3.12. The van der Waals surface area contributed by atoms with Gasteiger partial charge in [-0.25, -0.2) is 9.82 Å². The van der Waals surface area contributed by atoms with Crippen molar-refractivity contribution in [2.45, 2.75) is 25.6 Å². The number of hydrogen-bond acceptors (Lipinski definition) is 4. The third kappa shape index (κ3) is 5.11. The van der Waals surface area contributed by atoms with Crippen LogP contribution >= 0.6 is 0 Å². The van der Waals surface area contributed by atoms with Gasteiger partial charge < -0.3 is 0 Å². The number of halogens is 1. The van der Waals surface area contributed by atoms with Crippen LogP contribution in [0.25, 0.3) is 0 Å². The average Bonchev–Trinajstić information content (AvgIpc) is 2.40. The van der Waals surface area contributed by atoms with E-state index in [9.17, 15) is 13.4 Å². The molecule has 0 bridgehead atoms. The zero-order chi connectivity index (χ0) is 15.1. The van der Waals surface area contributed by atoms with Crippen molar-refractivity contribution in [2.24, 2.45) is 5.92 Å². The SMILES string of the molecule is CNNC(CS(=O)Cc1ccccc1F)C(=O)C(C)C. The van der Waals surface area contributed by atoms with Gasteiger partial charge in [0.1, 0.15) is 5.82 Å². The van der Waals surface area contributed by atoms with Crippen LogP contribution in [0.15, 0.2) is 24.3 Å². The van der Waals surface area contributed by atoms with E-state index in [-0.39, 0.29) is 29.0 Å². The number of hydrazine groups is 1. The van der Waals surface area contributed by atoms with Gasteiger partial charge in [0.15, 0.2) is 5.78 Å². The molecule has 2 unspecified atom stereocenters. The van der Waals surface area contributed by atoms with Gasteiger partial charge in [0.25, 0.3) is 0 Å². The maximum absolute atomic E-state index is 13.5. The molecule has 2 N–H and O–H groups in total. The Balaban J connectivity index is 2.67.